The number of piperazine rings is 1. The summed E-state index contributed by atoms with van der Waals surface area (Å²) in [7, 11) is 0. The highest BCUT2D eigenvalue weighted by molar-refractivity contribution is 7.16. The molecule has 0 saturated carbocycles. The number of carbonyl (C=O) groups is 1. The Morgan fingerprint density at radius 1 is 1.36 bits per heavy atom. The SMILES string of the molecule is CCc1nc(CN2CCN(C(=O)NC(C)c3ccc(Cl)s3)CC2)cs1. The molecule has 1 aliphatic heterocycles. The Morgan fingerprint density at radius 2 is 2.12 bits per heavy atom. The van der Waals surface area contributed by atoms with Gasteiger partial charge in [0.1, 0.15) is 0 Å². The third kappa shape index (κ3) is 4.94. The molecule has 25 heavy (non-hydrogen) atoms. The fourth-order valence-corrected chi connectivity index (χ4v) is 4.63. The molecular formula is C17H23ClN4OS2. The van der Waals surface area contributed by atoms with Gasteiger partial charge in [-0.15, -0.1) is 22.7 Å². The molecule has 1 fully saturated rings. The van der Waals surface area contributed by atoms with Crippen molar-refractivity contribution in [1.82, 2.24) is 20.1 Å². The monoisotopic (exact) mass is 398 g/mol. The molecule has 0 aromatic carbocycles. The maximum atomic E-state index is 12.5. The minimum atomic E-state index is -0.0227. The van der Waals surface area contributed by atoms with Gasteiger partial charge in [0, 0.05) is 43.0 Å². The molecule has 5 nitrogen and oxygen atoms in total. The van der Waals surface area contributed by atoms with Gasteiger partial charge in [-0.05, 0) is 25.5 Å². The second kappa shape index (κ2) is 8.49. The lowest BCUT2D eigenvalue weighted by Crippen LogP contribution is -2.51. The van der Waals surface area contributed by atoms with Crippen molar-refractivity contribution in [2.24, 2.45) is 0 Å². The molecule has 2 aromatic heterocycles. The average molecular weight is 399 g/mol. The van der Waals surface area contributed by atoms with Crippen LogP contribution < -0.4 is 5.32 Å². The normalized spacial score (nSPS) is 16.8. The number of thiophene rings is 1. The van der Waals surface area contributed by atoms with Gasteiger partial charge in [0.2, 0.25) is 0 Å². The number of hydrogen-bond donors (Lipinski definition) is 1. The third-order valence-electron chi connectivity index (χ3n) is 4.31. The zero-order valence-corrected chi connectivity index (χ0v) is 16.9. The molecule has 0 aliphatic carbocycles. The van der Waals surface area contributed by atoms with E-state index in [-0.39, 0.29) is 12.1 Å². The maximum absolute atomic E-state index is 12.5. The van der Waals surface area contributed by atoms with Crippen LogP contribution in [-0.4, -0.2) is 47.0 Å². The number of urea groups is 1. The number of halogens is 1. The van der Waals surface area contributed by atoms with Crippen LogP contribution >= 0.6 is 34.3 Å². The van der Waals surface area contributed by atoms with E-state index in [1.165, 1.54) is 16.3 Å². The van der Waals surface area contributed by atoms with Crippen LogP contribution in [0.2, 0.25) is 4.34 Å². The molecule has 3 rings (SSSR count). The quantitative estimate of drug-likeness (QED) is 0.827. The highest BCUT2D eigenvalue weighted by Crippen LogP contribution is 2.26. The van der Waals surface area contributed by atoms with Crippen molar-refractivity contribution in [1.29, 1.82) is 0 Å². The summed E-state index contributed by atoms with van der Waals surface area (Å²) in [6.45, 7) is 8.24. The van der Waals surface area contributed by atoms with Gasteiger partial charge >= 0.3 is 6.03 Å². The van der Waals surface area contributed by atoms with Gasteiger partial charge in [-0.2, -0.15) is 0 Å². The molecular weight excluding hydrogens is 376 g/mol. The van der Waals surface area contributed by atoms with E-state index in [4.69, 9.17) is 11.6 Å². The van der Waals surface area contributed by atoms with Crippen LogP contribution in [0.4, 0.5) is 4.79 Å². The summed E-state index contributed by atoms with van der Waals surface area (Å²) in [6.07, 6.45) is 0.992. The number of rotatable bonds is 5. The summed E-state index contributed by atoms with van der Waals surface area (Å²) in [5.74, 6) is 0. The van der Waals surface area contributed by atoms with Gasteiger partial charge in [0.25, 0.3) is 0 Å². The molecule has 1 atom stereocenters. The first kappa shape index (κ1) is 18.6. The first-order chi connectivity index (χ1) is 12.0. The summed E-state index contributed by atoms with van der Waals surface area (Å²) in [5.41, 5.74) is 1.14. The van der Waals surface area contributed by atoms with Crippen LogP contribution in [0.15, 0.2) is 17.5 Å². The molecule has 1 unspecified atom stereocenters. The Labute approximate surface area is 161 Å². The third-order valence-corrected chi connectivity index (χ3v) is 6.76. The largest absolute Gasteiger partial charge is 0.331 e. The van der Waals surface area contributed by atoms with Crippen LogP contribution in [0.1, 0.15) is 35.5 Å². The number of amides is 2. The van der Waals surface area contributed by atoms with Gasteiger partial charge < -0.3 is 10.2 Å². The predicted octanol–water partition coefficient (Wildman–Crippen LogP) is 4.01. The first-order valence-electron chi connectivity index (χ1n) is 8.51. The minimum Gasteiger partial charge on any atom is -0.331 e. The number of hydrogen-bond acceptors (Lipinski definition) is 5. The van der Waals surface area contributed by atoms with E-state index in [0.29, 0.717) is 0 Å². The van der Waals surface area contributed by atoms with Crippen molar-refractivity contribution >= 4 is 40.3 Å². The van der Waals surface area contributed by atoms with E-state index in [2.05, 4.69) is 27.5 Å². The molecule has 3 heterocycles. The second-order valence-electron chi connectivity index (χ2n) is 6.16. The smallest absolute Gasteiger partial charge is 0.317 e. The minimum absolute atomic E-state index is 0.00130. The van der Waals surface area contributed by atoms with E-state index in [1.54, 1.807) is 11.3 Å². The van der Waals surface area contributed by atoms with Crippen molar-refractivity contribution in [3.63, 3.8) is 0 Å². The molecule has 1 aliphatic rings. The lowest BCUT2D eigenvalue weighted by atomic mass is 10.2. The molecule has 2 amide bonds. The number of nitrogens with one attached hydrogen (secondary N) is 1. The molecule has 0 spiro atoms. The Hall–Kier alpha value is -1.15. The number of aromatic nitrogens is 1. The highest BCUT2D eigenvalue weighted by atomic mass is 35.5. The zero-order chi connectivity index (χ0) is 17.8. The Balaban J connectivity index is 1.45. The summed E-state index contributed by atoms with van der Waals surface area (Å²) in [5, 5.41) is 6.40. The molecule has 136 valence electrons. The predicted molar refractivity (Wildman–Crippen MR) is 105 cm³/mol. The average Bonchev–Trinajstić information content (AvgIpc) is 3.24. The molecule has 1 N–H and O–H groups in total. The highest BCUT2D eigenvalue weighted by Gasteiger charge is 2.23. The van der Waals surface area contributed by atoms with Crippen molar-refractivity contribution in [2.45, 2.75) is 32.9 Å². The van der Waals surface area contributed by atoms with Gasteiger partial charge in [-0.1, -0.05) is 18.5 Å². The van der Waals surface area contributed by atoms with E-state index < -0.39 is 0 Å². The van der Waals surface area contributed by atoms with Gasteiger partial charge in [-0.25, -0.2) is 9.78 Å². The maximum Gasteiger partial charge on any atom is 0.317 e. The van der Waals surface area contributed by atoms with Gasteiger partial charge in [0.15, 0.2) is 0 Å². The van der Waals surface area contributed by atoms with Crippen LogP contribution in [0.25, 0.3) is 0 Å². The summed E-state index contributed by atoms with van der Waals surface area (Å²) < 4.78 is 0.748. The van der Waals surface area contributed by atoms with Crippen molar-refractivity contribution in [2.75, 3.05) is 26.2 Å². The van der Waals surface area contributed by atoms with E-state index in [0.717, 1.165) is 54.1 Å². The summed E-state index contributed by atoms with van der Waals surface area (Å²) in [4.78, 5) is 22.4. The molecule has 8 heteroatoms. The van der Waals surface area contributed by atoms with Crippen molar-refractivity contribution in [3.05, 3.63) is 37.4 Å². The molecule has 0 radical (unpaired) electrons. The van der Waals surface area contributed by atoms with Gasteiger partial charge in [-0.3, -0.25) is 4.90 Å². The number of aryl methyl sites for hydroxylation is 1. The van der Waals surface area contributed by atoms with E-state index >= 15 is 0 Å². The van der Waals surface area contributed by atoms with Crippen molar-refractivity contribution < 1.29 is 4.79 Å². The van der Waals surface area contributed by atoms with Crippen LogP contribution in [0.3, 0.4) is 0 Å². The fraction of sp³-hybridized carbons (Fsp3) is 0.529. The van der Waals surface area contributed by atoms with Crippen molar-refractivity contribution in [3.8, 4) is 0 Å². The van der Waals surface area contributed by atoms with Crippen LogP contribution in [0, 0.1) is 0 Å². The molecule has 2 aromatic rings. The summed E-state index contributed by atoms with van der Waals surface area (Å²) >= 11 is 9.21. The topological polar surface area (TPSA) is 48.5 Å². The molecule has 1 saturated heterocycles. The standard InChI is InChI=1S/C17H23ClN4OS2/c1-3-16-20-13(11-24-16)10-21-6-8-22(9-7-21)17(23)19-12(2)14-4-5-15(18)25-14/h4-5,11-12H,3,6-10H2,1-2H3,(H,19,23). The number of nitrogens with zero attached hydrogens (tertiary/aromatic N) is 3. The first-order valence-corrected chi connectivity index (χ1v) is 10.6. The number of thiazole rings is 1. The van der Waals surface area contributed by atoms with Crippen LogP contribution in [0.5, 0.6) is 0 Å². The van der Waals surface area contributed by atoms with E-state index in [1.807, 2.05) is 24.0 Å². The van der Waals surface area contributed by atoms with Crippen LogP contribution in [-0.2, 0) is 13.0 Å². The lowest BCUT2D eigenvalue weighted by Gasteiger charge is -2.34. The number of carbonyl (C=O) groups excluding carboxylic acids is 1. The van der Waals surface area contributed by atoms with E-state index in [9.17, 15) is 4.79 Å². The zero-order valence-electron chi connectivity index (χ0n) is 14.5. The lowest BCUT2D eigenvalue weighted by molar-refractivity contribution is 0.133. The summed E-state index contributed by atoms with van der Waals surface area (Å²) in [6, 6.07) is 3.81. The Morgan fingerprint density at radius 3 is 2.72 bits per heavy atom. The Kier molecular flexibility index (Phi) is 6.33. The Bertz CT molecular complexity index is 709. The second-order valence-corrected chi connectivity index (χ2v) is 8.85. The van der Waals surface area contributed by atoms with Gasteiger partial charge in [0.05, 0.1) is 21.1 Å². The molecule has 0 bridgehead atoms. The fourth-order valence-electron chi connectivity index (χ4n) is 2.83.